The molecule has 0 aliphatic rings. The Morgan fingerprint density at radius 1 is 1.28 bits per heavy atom. The lowest BCUT2D eigenvalue weighted by Crippen LogP contribution is -2.27. The number of hydrogen-bond donors (Lipinski definition) is 1. The van der Waals surface area contributed by atoms with Gasteiger partial charge in [0.1, 0.15) is 0 Å². The minimum absolute atomic E-state index is 0.731. The summed E-state index contributed by atoms with van der Waals surface area (Å²) in [4.78, 5) is 6.49. The van der Waals surface area contributed by atoms with Crippen molar-refractivity contribution in [3.8, 4) is 11.3 Å². The van der Waals surface area contributed by atoms with E-state index in [1.54, 1.807) is 6.20 Å². The fourth-order valence-corrected chi connectivity index (χ4v) is 1.73. The summed E-state index contributed by atoms with van der Waals surface area (Å²) in [6.07, 6.45) is 1.79. The van der Waals surface area contributed by atoms with Crippen LogP contribution in [0.3, 0.4) is 0 Å². The smallest absolute Gasteiger partial charge is 0.209 e. The number of rotatable bonds is 6. The summed E-state index contributed by atoms with van der Waals surface area (Å²) < 4.78 is 5.75. The molecule has 0 bridgehead atoms. The first-order valence-corrected chi connectivity index (χ1v) is 6.13. The van der Waals surface area contributed by atoms with Crippen molar-refractivity contribution in [3.63, 3.8) is 0 Å². The van der Waals surface area contributed by atoms with Crippen LogP contribution in [-0.2, 0) is 6.54 Å². The molecule has 96 valence electrons. The van der Waals surface area contributed by atoms with Gasteiger partial charge in [-0.1, -0.05) is 30.3 Å². The zero-order valence-corrected chi connectivity index (χ0v) is 10.9. The van der Waals surface area contributed by atoms with Crippen LogP contribution in [0.5, 0.6) is 0 Å². The van der Waals surface area contributed by atoms with Crippen LogP contribution in [0, 0.1) is 0 Å². The monoisotopic (exact) mass is 245 g/mol. The van der Waals surface area contributed by atoms with Crippen LogP contribution in [0.2, 0.25) is 0 Å². The molecule has 18 heavy (non-hydrogen) atoms. The van der Waals surface area contributed by atoms with Crippen LogP contribution in [0.25, 0.3) is 11.3 Å². The Hall–Kier alpha value is -1.65. The Morgan fingerprint density at radius 2 is 2.06 bits per heavy atom. The molecule has 0 amide bonds. The van der Waals surface area contributed by atoms with Crippen molar-refractivity contribution in [1.82, 2.24) is 15.2 Å². The normalized spacial score (nSPS) is 11.1. The van der Waals surface area contributed by atoms with Crippen molar-refractivity contribution < 1.29 is 4.42 Å². The molecule has 1 aromatic carbocycles. The van der Waals surface area contributed by atoms with Gasteiger partial charge in [-0.3, -0.25) is 4.90 Å². The van der Waals surface area contributed by atoms with E-state index < -0.39 is 0 Å². The lowest BCUT2D eigenvalue weighted by Gasteiger charge is -2.13. The van der Waals surface area contributed by atoms with Gasteiger partial charge in [0.25, 0.3) is 0 Å². The zero-order valence-electron chi connectivity index (χ0n) is 10.9. The molecule has 0 unspecified atom stereocenters. The van der Waals surface area contributed by atoms with E-state index in [0.29, 0.717) is 0 Å². The fourth-order valence-electron chi connectivity index (χ4n) is 1.73. The van der Waals surface area contributed by atoms with Crippen molar-refractivity contribution in [1.29, 1.82) is 0 Å². The number of nitrogens with one attached hydrogen (secondary N) is 1. The predicted molar refractivity (Wildman–Crippen MR) is 72.2 cm³/mol. The molecule has 0 fully saturated rings. The maximum atomic E-state index is 5.75. The highest BCUT2D eigenvalue weighted by Crippen LogP contribution is 2.20. The first-order chi connectivity index (χ1) is 8.79. The standard InChI is InChI=1S/C14H19N3O/c1-15-8-9-17(2)11-14-16-10-13(18-14)12-6-4-3-5-7-12/h3-7,10,15H,8-9,11H2,1-2H3. The Balaban J connectivity index is 1.98. The van der Waals surface area contributed by atoms with Gasteiger partial charge in [0, 0.05) is 18.7 Å². The quantitative estimate of drug-likeness (QED) is 0.845. The number of aromatic nitrogens is 1. The van der Waals surface area contributed by atoms with E-state index in [0.717, 1.165) is 36.8 Å². The average Bonchev–Trinajstić information content (AvgIpc) is 2.86. The molecule has 0 atom stereocenters. The lowest BCUT2D eigenvalue weighted by atomic mass is 10.2. The Kier molecular flexibility index (Phi) is 4.50. The number of nitrogens with zero attached hydrogens (tertiary/aromatic N) is 2. The SMILES string of the molecule is CNCCN(C)Cc1ncc(-c2ccccc2)o1. The van der Waals surface area contributed by atoms with Gasteiger partial charge < -0.3 is 9.73 Å². The highest BCUT2D eigenvalue weighted by Gasteiger charge is 2.08. The van der Waals surface area contributed by atoms with E-state index in [1.165, 1.54) is 0 Å². The van der Waals surface area contributed by atoms with Crippen molar-refractivity contribution in [2.24, 2.45) is 0 Å². The van der Waals surface area contributed by atoms with E-state index in [1.807, 2.05) is 37.4 Å². The molecule has 0 saturated carbocycles. The molecule has 1 heterocycles. The summed E-state index contributed by atoms with van der Waals surface area (Å²) in [5, 5.41) is 3.12. The predicted octanol–water partition coefficient (Wildman–Crippen LogP) is 1.99. The van der Waals surface area contributed by atoms with Crippen molar-refractivity contribution in [2.75, 3.05) is 27.2 Å². The van der Waals surface area contributed by atoms with E-state index in [-0.39, 0.29) is 0 Å². The number of oxazole rings is 1. The zero-order chi connectivity index (χ0) is 12.8. The summed E-state index contributed by atoms with van der Waals surface area (Å²) in [6.45, 7) is 2.66. The van der Waals surface area contributed by atoms with Crippen LogP contribution in [0.1, 0.15) is 5.89 Å². The topological polar surface area (TPSA) is 41.3 Å². The molecule has 2 rings (SSSR count). The first-order valence-electron chi connectivity index (χ1n) is 6.13. The fraction of sp³-hybridized carbons (Fsp3) is 0.357. The molecule has 1 aromatic heterocycles. The molecule has 0 aliphatic carbocycles. The Labute approximate surface area is 108 Å². The maximum Gasteiger partial charge on any atom is 0.209 e. The summed E-state index contributed by atoms with van der Waals surface area (Å²) in [7, 11) is 4.01. The molecular weight excluding hydrogens is 226 g/mol. The van der Waals surface area contributed by atoms with E-state index in [2.05, 4.69) is 22.2 Å². The molecule has 0 spiro atoms. The Bertz CT molecular complexity index is 467. The summed E-state index contributed by atoms with van der Waals surface area (Å²) in [5.74, 6) is 1.58. The molecule has 4 nitrogen and oxygen atoms in total. The van der Waals surface area contributed by atoms with Gasteiger partial charge in [-0.05, 0) is 14.1 Å². The molecule has 1 N–H and O–H groups in total. The van der Waals surface area contributed by atoms with Crippen molar-refractivity contribution >= 4 is 0 Å². The first kappa shape index (κ1) is 12.8. The van der Waals surface area contributed by atoms with Gasteiger partial charge in [0.15, 0.2) is 5.76 Å². The van der Waals surface area contributed by atoms with Gasteiger partial charge in [0.2, 0.25) is 5.89 Å². The van der Waals surface area contributed by atoms with Crippen molar-refractivity contribution in [3.05, 3.63) is 42.4 Å². The maximum absolute atomic E-state index is 5.75. The minimum atomic E-state index is 0.731. The third kappa shape index (κ3) is 3.42. The second-order valence-corrected chi connectivity index (χ2v) is 4.33. The third-order valence-electron chi connectivity index (χ3n) is 2.76. The summed E-state index contributed by atoms with van der Waals surface area (Å²) in [6, 6.07) is 10.0. The number of benzene rings is 1. The number of likely N-dealkylation sites (N-methyl/N-ethyl adjacent to an activating group) is 2. The molecule has 4 heteroatoms. The second-order valence-electron chi connectivity index (χ2n) is 4.33. The molecule has 0 aliphatic heterocycles. The van der Waals surface area contributed by atoms with Crippen molar-refractivity contribution in [2.45, 2.75) is 6.54 Å². The molecule has 0 radical (unpaired) electrons. The second kappa shape index (κ2) is 6.33. The van der Waals surface area contributed by atoms with E-state index in [9.17, 15) is 0 Å². The highest BCUT2D eigenvalue weighted by atomic mass is 16.4. The lowest BCUT2D eigenvalue weighted by molar-refractivity contribution is 0.291. The minimum Gasteiger partial charge on any atom is -0.439 e. The third-order valence-corrected chi connectivity index (χ3v) is 2.76. The molecule has 0 saturated heterocycles. The van der Waals surface area contributed by atoms with E-state index >= 15 is 0 Å². The molecule has 2 aromatic rings. The van der Waals surface area contributed by atoms with Crippen LogP contribution < -0.4 is 5.32 Å². The van der Waals surface area contributed by atoms with Crippen LogP contribution in [0.15, 0.2) is 40.9 Å². The van der Waals surface area contributed by atoms with Crippen LogP contribution in [-0.4, -0.2) is 37.1 Å². The van der Waals surface area contributed by atoms with Gasteiger partial charge in [0.05, 0.1) is 12.7 Å². The highest BCUT2D eigenvalue weighted by molar-refractivity contribution is 5.55. The van der Waals surface area contributed by atoms with Gasteiger partial charge in [-0.2, -0.15) is 0 Å². The van der Waals surface area contributed by atoms with Crippen LogP contribution >= 0.6 is 0 Å². The summed E-state index contributed by atoms with van der Waals surface area (Å²) >= 11 is 0. The number of hydrogen-bond acceptors (Lipinski definition) is 4. The van der Waals surface area contributed by atoms with Gasteiger partial charge in [-0.25, -0.2) is 4.98 Å². The van der Waals surface area contributed by atoms with E-state index in [4.69, 9.17) is 4.42 Å². The average molecular weight is 245 g/mol. The Morgan fingerprint density at radius 3 is 2.78 bits per heavy atom. The van der Waals surface area contributed by atoms with Gasteiger partial charge in [-0.15, -0.1) is 0 Å². The van der Waals surface area contributed by atoms with Gasteiger partial charge >= 0.3 is 0 Å². The largest absolute Gasteiger partial charge is 0.439 e. The van der Waals surface area contributed by atoms with Crippen LogP contribution in [0.4, 0.5) is 0 Å². The molecular formula is C14H19N3O. The summed E-state index contributed by atoms with van der Waals surface area (Å²) in [5.41, 5.74) is 1.06.